The van der Waals surface area contributed by atoms with Crippen molar-refractivity contribution in [1.29, 1.82) is 0 Å². The van der Waals surface area contributed by atoms with Gasteiger partial charge < -0.3 is 11.5 Å². The summed E-state index contributed by atoms with van der Waals surface area (Å²) >= 11 is 0. The normalized spacial score (nSPS) is 17.2. The lowest BCUT2D eigenvalue weighted by Gasteiger charge is -2.22. The average Bonchev–Trinajstić information content (AvgIpc) is 2.86. The van der Waals surface area contributed by atoms with Gasteiger partial charge >= 0.3 is 6.18 Å². The molecule has 1 aliphatic heterocycles. The van der Waals surface area contributed by atoms with Gasteiger partial charge in [-0.2, -0.15) is 13.2 Å². The Kier molecular flexibility index (Phi) is 12.3. The molecule has 0 radical (unpaired) electrons. The molecule has 0 saturated carbocycles. The van der Waals surface area contributed by atoms with Crippen LogP contribution < -0.4 is 11.5 Å². The summed E-state index contributed by atoms with van der Waals surface area (Å²) < 4.78 is 51.5. The molecule has 0 spiro atoms. The molecule has 0 aliphatic carbocycles. The van der Waals surface area contributed by atoms with Crippen molar-refractivity contribution in [3.8, 4) is 11.3 Å². The molecule has 1 aromatic heterocycles. The van der Waals surface area contributed by atoms with Crippen molar-refractivity contribution in [3.05, 3.63) is 53.3 Å². The summed E-state index contributed by atoms with van der Waals surface area (Å²) in [7, 11) is 0.742. The van der Waals surface area contributed by atoms with Crippen molar-refractivity contribution in [2.45, 2.75) is 59.6 Å². The van der Waals surface area contributed by atoms with Crippen molar-refractivity contribution in [2.75, 3.05) is 24.3 Å². The zero-order chi connectivity index (χ0) is 26.8. The Bertz CT molecular complexity index is 1110. The van der Waals surface area contributed by atoms with Gasteiger partial charge in [-0.3, -0.25) is 4.21 Å². The largest absolute Gasteiger partial charge is 0.416 e. The van der Waals surface area contributed by atoms with E-state index in [1.807, 2.05) is 45.9 Å². The molecule has 1 aliphatic rings. The van der Waals surface area contributed by atoms with Crippen molar-refractivity contribution < 1.29 is 17.4 Å². The van der Waals surface area contributed by atoms with Gasteiger partial charge in [-0.05, 0) is 68.6 Å². The number of hydrogen-bond acceptors (Lipinski definition) is 5. The standard InChI is InChI=1S/C21H20F3N3OS.2C2H6.CH5N/c1-12-26-19-3-2-14(13-4-6-29(28)7-5-13)10-18(19)20(27-12)15-8-16(21(22,23)24)11-17(25)9-15;3*1-2/h2-3,8-11,13H,4-7,25H2,1H3;2*1-2H3;2H2,1H3. The van der Waals surface area contributed by atoms with Crippen LogP contribution in [0.5, 0.6) is 0 Å². The number of nitrogen functional groups attached to an aromatic ring is 1. The summed E-state index contributed by atoms with van der Waals surface area (Å²) in [6.07, 6.45) is -2.84. The third-order valence-corrected chi connectivity index (χ3v) is 6.63. The number of aromatic nitrogens is 2. The zero-order valence-electron chi connectivity index (χ0n) is 21.4. The second-order valence-corrected chi connectivity index (χ2v) is 9.06. The third kappa shape index (κ3) is 8.00. The van der Waals surface area contributed by atoms with Gasteiger partial charge in [0.2, 0.25) is 0 Å². The third-order valence-electron chi connectivity index (χ3n) is 5.25. The van der Waals surface area contributed by atoms with Crippen LogP contribution in [0.25, 0.3) is 22.2 Å². The van der Waals surface area contributed by atoms with Crippen molar-refractivity contribution >= 4 is 27.4 Å². The highest BCUT2D eigenvalue weighted by Crippen LogP contribution is 2.37. The summed E-state index contributed by atoms with van der Waals surface area (Å²) in [4.78, 5) is 8.89. The summed E-state index contributed by atoms with van der Waals surface area (Å²) in [5, 5.41) is 0.693. The van der Waals surface area contributed by atoms with Crippen LogP contribution in [0.2, 0.25) is 0 Å². The van der Waals surface area contributed by atoms with E-state index in [1.165, 1.54) is 13.1 Å². The smallest absolute Gasteiger partial charge is 0.399 e. The Hall–Kier alpha value is -2.52. The minimum atomic E-state index is -4.50. The second-order valence-electron chi connectivity index (χ2n) is 7.36. The fourth-order valence-electron chi connectivity index (χ4n) is 3.82. The molecule has 194 valence electrons. The van der Waals surface area contributed by atoms with Crippen LogP contribution >= 0.6 is 0 Å². The Balaban J connectivity index is 0.000000949. The highest BCUT2D eigenvalue weighted by Gasteiger charge is 2.31. The quantitative estimate of drug-likeness (QED) is 0.386. The van der Waals surface area contributed by atoms with Gasteiger partial charge in [-0.15, -0.1) is 0 Å². The molecule has 4 rings (SSSR count). The van der Waals surface area contributed by atoms with Crippen LogP contribution in [0.4, 0.5) is 18.9 Å². The number of rotatable bonds is 2. The average molecular weight is 511 g/mol. The lowest BCUT2D eigenvalue weighted by atomic mass is 9.91. The summed E-state index contributed by atoms with van der Waals surface area (Å²) in [5.41, 5.74) is 12.0. The second kappa shape index (κ2) is 14.1. The summed E-state index contributed by atoms with van der Waals surface area (Å²) in [5.74, 6) is 2.09. The van der Waals surface area contributed by atoms with E-state index < -0.39 is 22.5 Å². The fourth-order valence-corrected chi connectivity index (χ4v) is 5.11. The number of nitrogens with zero attached hydrogens (tertiary/aromatic N) is 2. The van der Waals surface area contributed by atoms with Crippen molar-refractivity contribution in [2.24, 2.45) is 5.73 Å². The lowest BCUT2D eigenvalue weighted by Crippen LogP contribution is -2.17. The maximum atomic E-state index is 13.3. The molecule has 5 nitrogen and oxygen atoms in total. The maximum Gasteiger partial charge on any atom is 0.416 e. The first-order chi connectivity index (χ1) is 16.7. The molecule has 3 aromatic rings. The number of alkyl halides is 3. The minimum absolute atomic E-state index is 0.0326. The number of benzene rings is 2. The monoisotopic (exact) mass is 510 g/mol. The van der Waals surface area contributed by atoms with Crippen LogP contribution in [-0.2, 0) is 17.0 Å². The molecular weight excluding hydrogens is 473 g/mol. The van der Waals surface area contributed by atoms with Crippen LogP contribution in [-0.4, -0.2) is 32.7 Å². The molecule has 0 amide bonds. The van der Waals surface area contributed by atoms with Gasteiger partial charge in [0.05, 0.1) is 16.8 Å². The summed E-state index contributed by atoms with van der Waals surface area (Å²) in [6.45, 7) is 9.71. The highest BCUT2D eigenvalue weighted by molar-refractivity contribution is 7.85. The molecule has 2 heterocycles. The Morgan fingerprint density at radius 3 is 2.11 bits per heavy atom. The number of nitrogens with two attached hydrogens (primary N) is 2. The first-order valence-corrected chi connectivity index (χ1v) is 13.4. The zero-order valence-corrected chi connectivity index (χ0v) is 22.2. The van der Waals surface area contributed by atoms with Crippen LogP contribution in [0.1, 0.15) is 63.4 Å². The molecule has 4 N–H and O–H groups in total. The number of aryl methyl sites for hydroxylation is 1. The van der Waals surface area contributed by atoms with Crippen molar-refractivity contribution in [3.63, 3.8) is 0 Å². The number of halogens is 3. The van der Waals surface area contributed by atoms with E-state index in [4.69, 9.17) is 5.73 Å². The highest BCUT2D eigenvalue weighted by atomic mass is 32.2. The Morgan fingerprint density at radius 1 is 0.943 bits per heavy atom. The van der Waals surface area contributed by atoms with E-state index in [2.05, 4.69) is 15.7 Å². The molecule has 0 atom stereocenters. The molecule has 9 heteroatoms. The van der Waals surface area contributed by atoms with E-state index in [0.717, 1.165) is 30.5 Å². The maximum absolute atomic E-state index is 13.3. The molecule has 2 aromatic carbocycles. The molecule has 1 fully saturated rings. The molecule has 0 unspecified atom stereocenters. The van der Waals surface area contributed by atoms with Crippen LogP contribution in [0.3, 0.4) is 0 Å². The molecule has 35 heavy (non-hydrogen) atoms. The van der Waals surface area contributed by atoms with E-state index in [0.29, 0.717) is 39.5 Å². The van der Waals surface area contributed by atoms with E-state index in [9.17, 15) is 17.4 Å². The van der Waals surface area contributed by atoms with Gasteiger partial charge in [0, 0.05) is 38.9 Å². The molecule has 0 bridgehead atoms. The van der Waals surface area contributed by atoms with E-state index in [-0.39, 0.29) is 11.6 Å². The lowest BCUT2D eigenvalue weighted by molar-refractivity contribution is -0.137. The molecular formula is C26H37F3N4OS. The van der Waals surface area contributed by atoms with Crippen molar-refractivity contribution in [1.82, 2.24) is 9.97 Å². The first-order valence-electron chi connectivity index (χ1n) is 11.9. The van der Waals surface area contributed by atoms with Gasteiger partial charge in [0.15, 0.2) is 0 Å². The van der Waals surface area contributed by atoms with Gasteiger partial charge in [0.1, 0.15) is 5.82 Å². The van der Waals surface area contributed by atoms with Gasteiger partial charge in [-0.25, -0.2) is 9.97 Å². The van der Waals surface area contributed by atoms with Gasteiger partial charge in [0.25, 0.3) is 0 Å². The Morgan fingerprint density at radius 2 is 1.54 bits per heavy atom. The Labute approximate surface area is 209 Å². The number of hydrogen-bond donors (Lipinski definition) is 2. The van der Waals surface area contributed by atoms with Crippen LogP contribution in [0, 0.1) is 6.92 Å². The molecule has 1 saturated heterocycles. The van der Waals surface area contributed by atoms with E-state index in [1.54, 1.807) is 6.92 Å². The number of anilines is 1. The topological polar surface area (TPSA) is 94.9 Å². The first kappa shape index (κ1) is 30.5. The SMILES string of the molecule is CC.CC.CN.Cc1nc(-c2cc(N)cc(C(F)(F)F)c2)c2cc(C3CCS(=O)CC3)ccc2n1. The number of fused-ring (bicyclic) bond motifs is 1. The predicted molar refractivity (Wildman–Crippen MR) is 142 cm³/mol. The fraction of sp³-hybridized carbons (Fsp3) is 0.462. The summed E-state index contributed by atoms with van der Waals surface area (Å²) in [6, 6.07) is 9.34. The van der Waals surface area contributed by atoms with Crippen LogP contribution in [0.15, 0.2) is 36.4 Å². The predicted octanol–water partition coefficient (Wildman–Crippen LogP) is 6.46. The minimum Gasteiger partial charge on any atom is -0.399 e. The van der Waals surface area contributed by atoms with Gasteiger partial charge in [-0.1, -0.05) is 33.8 Å². The van der Waals surface area contributed by atoms with E-state index >= 15 is 0 Å².